The fourth-order valence-corrected chi connectivity index (χ4v) is 2.17. The molecule has 0 unspecified atom stereocenters. The standard InChI is InChI=1S/C17H25NO4/c1-3-17(4-2,16(20)21)13-18-15(19)11-8-12-22-14-9-6-5-7-10-14/h5-7,9-10H,3-4,8,11-13H2,1-2H3,(H,18,19)(H,20,21). The minimum Gasteiger partial charge on any atom is -0.494 e. The summed E-state index contributed by atoms with van der Waals surface area (Å²) in [5.74, 6) is -0.209. The summed E-state index contributed by atoms with van der Waals surface area (Å²) < 4.78 is 5.51. The van der Waals surface area contributed by atoms with Crippen molar-refractivity contribution in [1.29, 1.82) is 0 Å². The van der Waals surface area contributed by atoms with Gasteiger partial charge in [-0.3, -0.25) is 9.59 Å². The van der Waals surface area contributed by atoms with Gasteiger partial charge < -0.3 is 15.2 Å². The molecule has 0 aliphatic heterocycles. The molecular weight excluding hydrogens is 282 g/mol. The second-order valence-electron chi connectivity index (χ2n) is 5.33. The number of carbonyl (C=O) groups excluding carboxylic acids is 1. The van der Waals surface area contributed by atoms with E-state index < -0.39 is 11.4 Å². The first-order valence-electron chi connectivity index (χ1n) is 7.72. The number of hydrogen-bond donors (Lipinski definition) is 2. The van der Waals surface area contributed by atoms with Crippen molar-refractivity contribution in [2.45, 2.75) is 39.5 Å². The fourth-order valence-electron chi connectivity index (χ4n) is 2.17. The first-order valence-corrected chi connectivity index (χ1v) is 7.72. The maximum atomic E-state index is 11.8. The summed E-state index contributed by atoms with van der Waals surface area (Å²) >= 11 is 0. The fraction of sp³-hybridized carbons (Fsp3) is 0.529. The summed E-state index contributed by atoms with van der Waals surface area (Å²) in [6.45, 7) is 4.30. The lowest BCUT2D eigenvalue weighted by atomic mass is 9.82. The lowest BCUT2D eigenvalue weighted by Crippen LogP contribution is -2.42. The number of hydrogen-bond acceptors (Lipinski definition) is 3. The summed E-state index contributed by atoms with van der Waals surface area (Å²) in [5.41, 5.74) is -0.865. The molecule has 0 saturated heterocycles. The monoisotopic (exact) mass is 307 g/mol. The Hall–Kier alpha value is -2.04. The van der Waals surface area contributed by atoms with E-state index in [1.807, 2.05) is 44.2 Å². The van der Waals surface area contributed by atoms with Crippen molar-refractivity contribution < 1.29 is 19.4 Å². The van der Waals surface area contributed by atoms with Crippen molar-refractivity contribution in [2.24, 2.45) is 5.41 Å². The van der Waals surface area contributed by atoms with Crippen LogP contribution in [-0.4, -0.2) is 30.1 Å². The molecule has 0 heterocycles. The third-order valence-corrected chi connectivity index (χ3v) is 3.99. The topological polar surface area (TPSA) is 75.6 Å². The molecule has 1 amide bonds. The molecule has 0 atom stereocenters. The van der Waals surface area contributed by atoms with Gasteiger partial charge in [-0.05, 0) is 31.4 Å². The maximum absolute atomic E-state index is 11.8. The smallest absolute Gasteiger partial charge is 0.311 e. The van der Waals surface area contributed by atoms with E-state index in [4.69, 9.17) is 4.74 Å². The van der Waals surface area contributed by atoms with Gasteiger partial charge in [-0.1, -0.05) is 32.0 Å². The largest absolute Gasteiger partial charge is 0.494 e. The highest BCUT2D eigenvalue weighted by Crippen LogP contribution is 2.25. The minimum atomic E-state index is -0.865. The predicted octanol–water partition coefficient (Wildman–Crippen LogP) is 2.85. The molecule has 0 aliphatic carbocycles. The van der Waals surface area contributed by atoms with Crippen LogP contribution in [0.25, 0.3) is 0 Å². The van der Waals surface area contributed by atoms with Gasteiger partial charge in [0.2, 0.25) is 5.91 Å². The number of para-hydroxylation sites is 1. The summed E-state index contributed by atoms with van der Waals surface area (Å²) in [4.78, 5) is 23.1. The Balaban J connectivity index is 2.27. The van der Waals surface area contributed by atoms with Gasteiger partial charge in [0.25, 0.3) is 0 Å². The van der Waals surface area contributed by atoms with E-state index in [0.29, 0.717) is 32.3 Å². The molecule has 22 heavy (non-hydrogen) atoms. The van der Waals surface area contributed by atoms with Gasteiger partial charge in [-0.15, -0.1) is 0 Å². The van der Waals surface area contributed by atoms with Crippen LogP contribution in [0.15, 0.2) is 30.3 Å². The minimum absolute atomic E-state index is 0.135. The number of ether oxygens (including phenoxy) is 1. The molecular formula is C17H25NO4. The highest BCUT2D eigenvalue weighted by Gasteiger charge is 2.34. The van der Waals surface area contributed by atoms with Crippen molar-refractivity contribution >= 4 is 11.9 Å². The molecule has 5 heteroatoms. The van der Waals surface area contributed by atoms with Gasteiger partial charge in [-0.25, -0.2) is 0 Å². The van der Waals surface area contributed by atoms with Crippen molar-refractivity contribution in [3.8, 4) is 5.75 Å². The lowest BCUT2D eigenvalue weighted by molar-refractivity contribution is -0.149. The Kier molecular flexibility index (Phi) is 7.43. The average Bonchev–Trinajstić information content (AvgIpc) is 2.54. The van der Waals surface area contributed by atoms with Crippen LogP contribution in [0.2, 0.25) is 0 Å². The number of benzene rings is 1. The molecule has 1 rings (SSSR count). The molecule has 0 fully saturated rings. The van der Waals surface area contributed by atoms with Crippen LogP contribution in [0, 0.1) is 5.41 Å². The molecule has 0 aliphatic rings. The van der Waals surface area contributed by atoms with E-state index in [-0.39, 0.29) is 12.5 Å². The average molecular weight is 307 g/mol. The molecule has 0 spiro atoms. The van der Waals surface area contributed by atoms with Gasteiger partial charge in [0, 0.05) is 13.0 Å². The third-order valence-electron chi connectivity index (χ3n) is 3.99. The first-order chi connectivity index (χ1) is 10.5. The van der Waals surface area contributed by atoms with Crippen LogP contribution in [0.5, 0.6) is 5.75 Å². The molecule has 0 saturated carbocycles. The van der Waals surface area contributed by atoms with E-state index in [1.54, 1.807) is 0 Å². The number of rotatable bonds is 10. The van der Waals surface area contributed by atoms with E-state index >= 15 is 0 Å². The van der Waals surface area contributed by atoms with Crippen molar-refractivity contribution in [3.05, 3.63) is 30.3 Å². The van der Waals surface area contributed by atoms with Gasteiger partial charge in [0.05, 0.1) is 12.0 Å². The molecule has 0 radical (unpaired) electrons. The van der Waals surface area contributed by atoms with Crippen LogP contribution < -0.4 is 10.1 Å². The van der Waals surface area contributed by atoms with Crippen molar-refractivity contribution in [3.63, 3.8) is 0 Å². The summed E-state index contributed by atoms with van der Waals surface area (Å²) in [7, 11) is 0. The van der Waals surface area contributed by atoms with Gasteiger partial charge in [0.15, 0.2) is 0 Å². The van der Waals surface area contributed by atoms with Crippen molar-refractivity contribution in [2.75, 3.05) is 13.2 Å². The Morgan fingerprint density at radius 1 is 1.18 bits per heavy atom. The predicted molar refractivity (Wildman–Crippen MR) is 84.8 cm³/mol. The van der Waals surface area contributed by atoms with Gasteiger partial charge in [0.1, 0.15) is 5.75 Å². The normalized spacial score (nSPS) is 11.0. The van der Waals surface area contributed by atoms with E-state index in [0.717, 1.165) is 5.75 Å². The molecule has 1 aromatic carbocycles. The highest BCUT2D eigenvalue weighted by atomic mass is 16.5. The Bertz CT molecular complexity index is 469. The number of nitrogens with one attached hydrogen (secondary N) is 1. The highest BCUT2D eigenvalue weighted by molar-refractivity contribution is 5.79. The number of carbonyl (C=O) groups is 2. The lowest BCUT2D eigenvalue weighted by Gasteiger charge is -2.26. The second-order valence-corrected chi connectivity index (χ2v) is 5.33. The molecule has 2 N–H and O–H groups in total. The quantitative estimate of drug-likeness (QED) is 0.652. The maximum Gasteiger partial charge on any atom is 0.311 e. The molecule has 122 valence electrons. The number of carboxylic acids is 1. The zero-order valence-electron chi connectivity index (χ0n) is 13.3. The van der Waals surface area contributed by atoms with E-state index in [9.17, 15) is 14.7 Å². The van der Waals surface area contributed by atoms with Crippen LogP contribution in [-0.2, 0) is 9.59 Å². The third kappa shape index (κ3) is 5.39. The first kappa shape index (κ1) is 18.0. The summed E-state index contributed by atoms with van der Waals surface area (Å²) in [6.07, 6.45) is 1.92. The second kappa shape index (κ2) is 9.07. The van der Waals surface area contributed by atoms with Crippen molar-refractivity contribution in [1.82, 2.24) is 5.32 Å². The number of aliphatic carboxylic acids is 1. The molecule has 0 aromatic heterocycles. The SMILES string of the molecule is CCC(CC)(CNC(=O)CCCOc1ccccc1)C(=O)O. The summed E-state index contributed by atoms with van der Waals surface area (Å²) in [6, 6.07) is 9.43. The molecule has 5 nitrogen and oxygen atoms in total. The number of carboxylic acid groups (broad SMARTS) is 1. The zero-order chi connectivity index (χ0) is 16.4. The van der Waals surface area contributed by atoms with Crippen LogP contribution in [0.4, 0.5) is 0 Å². The summed E-state index contributed by atoms with van der Waals surface area (Å²) in [5, 5.41) is 12.0. The molecule has 1 aromatic rings. The Morgan fingerprint density at radius 2 is 1.82 bits per heavy atom. The van der Waals surface area contributed by atoms with Crippen LogP contribution in [0.3, 0.4) is 0 Å². The van der Waals surface area contributed by atoms with Crippen LogP contribution in [0.1, 0.15) is 39.5 Å². The van der Waals surface area contributed by atoms with E-state index in [1.165, 1.54) is 0 Å². The van der Waals surface area contributed by atoms with Gasteiger partial charge in [-0.2, -0.15) is 0 Å². The number of amides is 1. The van der Waals surface area contributed by atoms with E-state index in [2.05, 4.69) is 5.32 Å². The van der Waals surface area contributed by atoms with Gasteiger partial charge >= 0.3 is 5.97 Å². The Labute approximate surface area is 131 Å². The Morgan fingerprint density at radius 3 is 2.36 bits per heavy atom. The zero-order valence-corrected chi connectivity index (χ0v) is 13.3. The molecule has 0 bridgehead atoms. The van der Waals surface area contributed by atoms with Crippen LogP contribution >= 0.6 is 0 Å².